The number of aromatic nitrogens is 3. The minimum absolute atomic E-state index is 0.129. The molecule has 8 aromatic rings. The van der Waals surface area contributed by atoms with Crippen molar-refractivity contribution in [1.82, 2.24) is 15.0 Å². The fraction of sp³-hybridized carbons (Fsp3) is 0.102. The van der Waals surface area contributed by atoms with Crippen LogP contribution in [0.1, 0.15) is 57.9 Å². The maximum absolute atomic E-state index is 5.36. The van der Waals surface area contributed by atoms with E-state index in [0.29, 0.717) is 29.6 Å². The Balaban J connectivity index is 1.12. The molecule has 0 bridgehead atoms. The summed E-state index contributed by atoms with van der Waals surface area (Å²) in [6.45, 7) is 11.0. The smallest absolute Gasteiger partial charge is 0.164 e. The van der Waals surface area contributed by atoms with E-state index in [1.165, 1.54) is 55.7 Å². The standard InChI is InChI=1S/C59H45N5/c1-37-25-29-47-49-31-27-45(57(60-39(3)41-17-9-5-10-18-41)61-40(4)42-19-11-6-12-20-42)35-53(49)59(51(47)33-37)52-34-38(2)26-30-48(52)50-32-28-46(36-54(50)59)58-63-55(43-21-13-7-14-22-43)62-56(64-58)44-23-15-8-16-24-44/h5-34,36,45H,3,35H2,1-2,4H3. The monoisotopic (exact) mass is 823 g/mol. The molecule has 0 aliphatic heterocycles. The largest absolute Gasteiger partial charge is 0.237 e. The van der Waals surface area contributed by atoms with Gasteiger partial charge in [-0.05, 0) is 88.9 Å². The summed E-state index contributed by atoms with van der Waals surface area (Å²) in [6.07, 6.45) is 5.36. The molecule has 2 unspecified atom stereocenters. The maximum Gasteiger partial charge on any atom is 0.164 e. The molecule has 5 nitrogen and oxygen atoms in total. The highest BCUT2D eigenvalue weighted by atomic mass is 15.0. The zero-order valence-corrected chi connectivity index (χ0v) is 36.1. The van der Waals surface area contributed by atoms with Crippen LogP contribution in [0.15, 0.2) is 210 Å². The van der Waals surface area contributed by atoms with Crippen LogP contribution in [0, 0.1) is 19.8 Å². The Morgan fingerprint density at radius 1 is 0.531 bits per heavy atom. The van der Waals surface area contributed by atoms with Gasteiger partial charge in [0, 0.05) is 28.3 Å². The van der Waals surface area contributed by atoms with Crippen LogP contribution in [-0.4, -0.2) is 26.5 Å². The van der Waals surface area contributed by atoms with Crippen LogP contribution in [0.25, 0.3) is 56.6 Å². The zero-order valence-electron chi connectivity index (χ0n) is 36.1. The van der Waals surface area contributed by atoms with E-state index in [-0.39, 0.29) is 5.92 Å². The lowest BCUT2D eigenvalue weighted by molar-refractivity contribution is 0.677. The van der Waals surface area contributed by atoms with Crippen LogP contribution in [0.5, 0.6) is 0 Å². The molecule has 3 aliphatic rings. The second kappa shape index (κ2) is 15.8. The number of rotatable bonds is 7. The minimum atomic E-state index is -0.594. The van der Waals surface area contributed by atoms with Gasteiger partial charge < -0.3 is 0 Å². The van der Waals surface area contributed by atoms with E-state index < -0.39 is 5.41 Å². The second-order valence-corrected chi connectivity index (χ2v) is 17.1. The summed E-state index contributed by atoms with van der Waals surface area (Å²) in [5.74, 6) is 2.53. The van der Waals surface area contributed by atoms with Crippen molar-refractivity contribution in [3.05, 3.63) is 245 Å². The quantitative estimate of drug-likeness (QED) is 0.119. The van der Waals surface area contributed by atoms with Crippen molar-refractivity contribution in [3.8, 4) is 45.3 Å². The highest BCUT2D eigenvalue weighted by Gasteiger charge is 2.54. The molecular weight excluding hydrogens is 779 g/mol. The zero-order chi connectivity index (χ0) is 43.4. The van der Waals surface area contributed by atoms with E-state index in [4.69, 9.17) is 24.9 Å². The Hall–Kier alpha value is -7.89. The van der Waals surface area contributed by atoms with E-state index in [9.17, 15) is 0 Å². The number of amidine groups is 1. The van der Waals surface area contributed by atoms with E-state index in [2.05, 4.69) is 155 Å². The third-order valence-corrected chi connectivity index (χ3v) is 13.0. The lowest BCUT2D eigenvalue weighted by atomic mass is 9.66. The van der Waals surface area contributed by atoms with Crippen molar-refractivity contribution in [2.45, 2.75) is 32.6 Å². The topological polar surface area (TPSA) is 63.4 Å². The van der Waals surface area contributed by atoms with Gasteiger partial charge in [-0.15, -0.1) is 0 Å². The van der Waals surface area contributed by atoms with Crippen molar-refractivity contribution in [2.24, 2.45) is 15.9 Å². The molecule has 0 saturated carbocycles. The summed E-state index contributed by atoms with van der Waals surface area (Å²) in [4.78, 5) is 26.1. The molecule has 0 N–H and O–H groups in total. The van der Waals surface area contributed by atoms with Crippen molar-refractivity contribution >= 4 is 22.8 Å². The molecule has 306 valence electrons. The number of hydrogen-bond acceptors (Lipinski definition) is 4. The average molecular weight is 824 g/mol. The number of aryl methyl sites for hydroxylation is 2. The molecule has 0 saturated heterocycles. The number of aliphatic imine (C=N–C) groups is 2. The molecule has 5 heteroatoms. The van der Waals surface area contributed by atoms with Gasteiger partial charge >= 0.3 is 0 Å². The first kappa shape index (κ1) is 39.0. The Morgan fingerprint density at radius 2 is 1.02 bits per heavy atom. The molecule has 0 radical (unpaired) electrons. The van der Waals surface area contributed by atoms with Crippen LogP contribution in [0.4, 0.5) is 0 Å². The molecule has 7 aromatic carbocycles. The first-order valence-corrected chi connectivity index (χ1v) is 22.0. The third-order valence-electron chi connectivity index (χ3n) is 13.0. The molecule has 1 spiro atoms. The van der Waals surface area contributed by atoms with Gasteiger partial charge in [0.2, 0.25) is 0 Å². The normalized spacial score (nSPS) is 17.3. The van der Waals surface area contributed by atoms with Gasteiger partial charge in [-0.1, -0.05) is 200 Å². The van der Waals surface area contributed by atoms with Gasteiger partial charge in [0.15, 0.2) is 17.5 Å². The summed E-state index contributed by atoms with van der Waals surface area (Å²) in [6, 6.07) is 61.7. The van der Waals surface area contributed by atoms with E-state index >= 15 is 0 Å². The number of benzene rings is 7. The molecule has 1 aromatic heterocycles. The summed E-state index contributed by atoms with van der Waals surface area (Å²) in [5.41, 5.74) is 18.5. The Kier molecular flexibility index (Phi) is 9.62. The fourth-order valence-corrected chi connectivity index (χ4v) is 9.93. The van der Waals surface area contributed by atoms with Crippen LogP contribution in [0.2, 0.25) is 0 Å². The summed E-state index contributed by atoms with van der Waals surface area (Å²) in [5, 5.41) is 0. The van der Waals surface area contributed by atoms with Gasteiger partial charge in [0.05, 0.1) is 11.1 Å². The first-order chi connectivity index (χ1) is 31.3. The lowest BCUT2D eigenvalue weighted by Gasteiger charge is -2.35. The number of nitrogens with zero attached hydrogens (tertiary/aromatic N) is 5. The van der Waals surface area contributed by atoms with Gasteiger partial charge in [-0.3, -0.25) is 0 Å². The molecule has 11 rings (SSSR count). The Morgan fingerprint density at radius 3 is 1.61 bits per heavy atom. The lowest BCUT2D eigenvalue weighted by Crippen LogP contribution is -2.30. The molecule has 0 amide bonds. The van der Waals surface area contributed by atoms with Crippen LogP contribution >= 0.6 is 0 Å². The van der Waals surface area contributed by atoms with E-state index in [0.717, 1.165) is 39.4 Å². The molecule has 3 aliphatic carbocycles. The molecule has 2 atom stereocenters. The molecule has 1 heterocycles. The highest BCUT2D eigenvalue weighted by molar-refractivity contribution is 6.09. The molecule has 64 heavy (non-hydrogen) atoms. The van der Waals surface area contributed by atoms with Gasteiger partial charge in [-0.2, -0.15) is 0 Å². The summed E-state index contributed by atoms with van der Waals surface area (Å²) < 4.78 is 0. The predicted molar refractivity (Wildman–Crippen MR) is 263 cm³/mol. The van der Waals surface area contributed by atoms with E-state index in [1.54, 1.807) is 0 Å². The minimum Gasteiger partial charge on any atom is -0.237 e. The maximum atomic E-state index is 5.36. The van der Waals surface area contributed by atoms with Crippen molar-refractivity contribution in [1.29, 1.82) is 0 Å². The van der Waals surface area contributed by atoms with Gasteiger partial charge in [0.1, 0.15) is 5.84 Å². The van der Waals surface area contributed by atoms with Crippen LogP contribution < -0.4 is 0 Å². The number of hydrogen-bond donors (Lipinski definition) is 0. The average Bonchev–Trinajstić information content (AvgIpc) is 3.80. The highest BCUT2D eigenvalue weighted by Crippen LogP contribution is 2.64. The Labute approximate surface area is 374 Å². The molecular formula is C59H45N5. The number of allylic oxidation sites excluding steroid dienone is 3. The van der Waals surface area contributed by atoms with Crippen LogP contribution in [-0.2, 0) is 5.41 Å². The fourth-order valence-electron chi connectivity index (χ4n) is 9.93. The number of fused-ring (bicyclic) bond motifs is 9. The summed E-state index contributed by atoms with van der Waals surface area (Å²) in [7, 11) is 0. The Bertz CT molecular complexity index is 3210. The third kappa shape index (κ3) is 6.60. The van der Waals surface area contributed by atoms with Crippen molar-refractivity contribution < 1.29 is 0 Å². The summed E-state index contributed by atoms with van der Waals surface area (Å²) >= 11 is 0. The van der Waals surface area contributed by atoms with Crippen LogP contribution in [0.3, 0.4) is 0 Å². The predicted octanol–water partition coefficient (Wildman–Crippen LogP) is 13.7. The second-order valence-electron chi connectivity index (χ2n) is 17.1. The van der Waals surface area contributed by atoms with Crippen molar-refractivity contribution in [2.75, 3.05) is 0 Å². The first-order valence-electron chi connectivity index (χ1n) is 22.0. The van der Waals surface area contributed by atoms with E-state index in [1.807, 2.05) is 60.7 Å². The molecule has 0 fully saturated rings. The van der Waals surface area contributed by atoms with Crippen molar-refractivity contribution in [3.63, 3.8) is 0 Å². The SMILES string of the molecule is C=C(N=C(N=C(C)c1ccccc1)C1C=CC2=C(C1)C1(c3cc(C)ccc32)c2cc(C)ccc2-c2ccc(-c3nc(-c4ccccc4)nc(-c4ccccc4)n3)cc21)c1ccccc1. The van der Waals surface area contributed by atoms with Gasteiger partial charge in [-0.25, -0.2) is 24.9 Å². The van der Waals surface area contributed by atoms with Gasteiger partial charge in [0.25, 0.3) is 0 Å².